The average Bonchev–Trinajstić information content (AvgIpc) is 3.60. The van der Waals surface area contributed by atoms with Gasteiger partial charge in [-0.2, -0.15) is 0 Å². The lowest BCUT2D eigenvalue weighted by atomic mass is 10.1. The van der Waals surface area contributed by atoms with E-state index < -0.39 is 23.8 Å². The van der Waals surface area contributed by atoms with Crippen LogP contribution in [0.3, 0.4) is 0 Å². The number of aromatic hydroxyl groups is 1. The van der Waals surface area contributed by atoms with E-state index in [-0.39, 0.29) is 35.5 Å². The zero-order valence-corrected chi connectivity index (χ0v) is 33.0. The van der Waals surface area contributed by atoms with Crippen LogP contribution in [0, 0.1) is 20.8 Å². The molecule has 2 atom stereocenters. The Bertz CT molecular complexity index is 2350. The maximum atomic E-state index is 11.4. The molecule has 8 N–H and O–H groups in total. The lowest BCUT2D eigenvalue weighted by Crippen LogP contribution is -2.30. The fraction of sp³-hybridized carbons (Fsp3) is 0.268. The predicted octanol–water partition coefficient (Wildman–Crippen LogP) is 4.03. The van der Waals surface area contributed by atoms with Crippen molar-refractivity contribution in [2.45, 2.75) is 33.0 Å². The Morgan fingerprint density at radius 3 is 1.37 bits per heavy atom. The summed E-state index contributed by atoms with van der Waals surface area (Å²) in [6, 6.07) is 20.4. The van der Waals surface area contributed by atoms with Crippen molar-refractivity contribution in [2.24, 2.45) is 17.2 Å². The lowest BCUT2D eigenvalue weighted by Gasteiger charge is -2.16. The average molecular weight is 812 g/mol. The fourth-order valence-electron chi connectivity index (χ4n) is 5.41. The fourth-order valence-corrected chi connectivity index (χ4v) is 5.41. The monoisotopic (exact) mass is 811 g/mol. The summed E-state index contributed by atoms with van der Waals surface area (Å²) in [6.45, 7) is 6.99. The molecule has 18 heteroatoms. The molecule has 0 saturated carbocycles. The zero-order chi connectivity index (χ0) is 42.8. The number of oxazole rings is 3. The van der Waals surface area contributed by atoms with Gasteiger partial charge in [0.1, 0.15) is 42.7 Å². The van der Waals surface area contributed by atoms with Crippen molar-refractivity contribution in [3.63, 3.8) is 0 Å². The minimum Gasteiger partial charge on any atom is -0.508 e. The Morgan fingerprint density at radius 2 is 1.03 bits per heavy atom. The van der Waals surface area contributed by atoms with Gasteiger partial charge in [-0.25, -0.2) is 15.0 Å². The van der Waals surface area contributed by atoms with Gasteiger partial charge in [0.15, 0.2) is 52.0 Å². The zero-order valence-electron chi connectivity index (χ0n) is 33.0. The number of rotatable bonds is 14. The van der Waals surface area contributed by atoms with Crippen molar-refractivity contribution in [1.29, 1.82) is 0 Å². The summed E-state index contributed by atoms with van der Waals surface area (Å²) in [5, 5.41) is 18.9. The molecule has 1 saturated heterocycles. The van der Waals surface area contributed by atoms with Crippen LogP contribution in [0.25, 0.3) is 34.0 Å². The minimum absolute atomic E-state index is 0.100. The van der Waals surface area contributed by atoms with E-state index in [2.05, 4.69) is 15.0 Å². The van der Waals surface area contributed by atoms with Crippen LogP contribution >= 0.6 is 0 Å². The predicted molar refractivity (Wildman–Crippen MR) is 213 cm³/mol. The number of ether oxygens (including phenoxy) is 3. The smallest absolute Gasteiger partial charge is 0.271 e. The van der Waals surface area contributed by atoms with Gasteiger partial charge in [-0.1, -0.05) is 0 Å². The van der Waals surface area contributed by atoms with Gasteiger partial charge in [0.05, 0.1) is 6.61 Å². The number of phenols is 1. The lowest BCUT2D eigenvalue weighted by molar-refractivity contribution is 0.0831. The third-order valence-corrected chi connectivity index (χ3v) is 8.12. The highest BCUT2D eigenvalue weighted by Crippen LogP contribution is 2.29. The van der Waals surface area contributed by atoms with E-state index in [9.17, 15) is 19.5 Å². The minimum atomic E-state index is -0.639. The number of phenolic OH excluding ortho intramolecular Hbond substituents is 1. The van der Waals surface area contributed by atoms with Crippen LogP contribution in [0.5, 0.6) is 17.2 Å². The highest BCUT2D eigenvalue weighted by Gasteiger charge is 2.24. The Morgan fingerprint density at radius 1 is 0.678 bits per heavy atom. The molecule has 7 rings (SSSR count). The first kappa shape index (κ1) is 43.1. The second-order valence-electron chi connectivity index (χ2n) is 13.4. The number of primary amides is 3. The summed E-state index contributed by atoms with van der Waals surface area (Å²) in [5.74, 6) is 1.81. The van der Waals surface area contributed by atoms with Gasteiger partial charge in [-0.15, -0.1) is 0 Å². The van der Waals surface area contributed by atoms with Crippen molar-refractivity contribution >= 4 is 17.7 Å². The molecule has 18 nitrogen and oxygen atoms in total. The number of carbonyl (C=O) groups is 3. The summed E-state index contributed by atoms with van der Waals surface area (Å²) in [7, 11) is 3.77. The number of likely N-dealkylation sites (N-methyl/N-ethyl adjacent to an activating group) is 1. The van der Waals surface area contributed by atoms with E-state index in [0.717, 1.165) is 17.9 Å². The van der Waals surface area contributed by atoms with Gasteiger partial charge in [-0.05, 0) is 86.9 Å². The molecule has 3 amide bonds. The number of hydrogen-bond acceptors (Lipinski definition) is 15. The van der Waals surface area contributed by atoms with E-state index in [1.807, 2.05) is 19.0 Å². The first-order chi connectivity index (χ1) is 28.1. The third-order valence-electron chi connectivity index (χ3n) is 8.12. The number of benzene rings is 3. The topological polar surface area (TPSA) is 282 Å². The van der Waals surface area contributed by atoms with E-state index in [0.29, 0.717) is 65.0 Å². The van der Waals surface area contributed by atoms with Gasteiger partial charge < -0.3 is 59.8 Å². The van der Waals surface area contributed by atoms with Crippen LogP contribution in [0.2, 0.25) is 0 Å². The standard InChI is InChI=1S/C16H21N3O4.C14H14N2O4.C11H10N2O3/c1-10-18-14(16(17)21)15(23-10)11-4-6-13(7-5-11)22-9-12(20)8-19(2)3;1-8-16-12(14(15)17)13(20-8)9-2-4-10(5-3-9)18-6-11-7-19-11;1-6-13-9(11(12)15)10(16-6)7-2-4-8(14)5-3-7/h4-7,12,20H,8-9H2,1-3H3,(H2,17,21);2-5,11H,6-7H2,1H3,(H2,15,17);2-5,14H,1H3,(H2,12,15). The van der Waals surface area contributed by atoms with Gasteiger partial charge in [0.2, 0.25) is 0 Å². The molecule has 3 aromatic carbocycles. The quantitative estimate of drug-likeness (QED) is 0.0971. The molecule has 0 bridgehead atoms. The van der Waals surface area contributed by atoms with Gasteiger partial charge in [0.25, 0.3) is 17.7 Å². The molecule has 4 heterocycles. The molecule has 3 aromatic heterocycles. The SMILES string of the molecule is Cc1nc(C(N)=O)c(-c2ccc(O)cc2)o1.Cc1nc(C(N)=O)c(-c2ccc(OCC(O)CN(C)C)cc2)o1.Cc1nc(C(N)=O)c(-c2ccc(OCC3CO3)cc2)o1. The maximum absolute atomic E-state index is 11.4. The molecule has 2 unspecified atom stereocenters. The Labute approximate surface area is 338 Å². The highest BCUT2D eigenvalue weighted by molar-refractivity contribution is 5.97. The molecule has 310 valence electrons. The second-order valence-corrected chi connectivity index (χ2v) is 13.4. The van der Waals surface area contributed by atoms with Gasteiger partial charge >= 0.3 is 0 Å². The third kappa shape index (κ3) is 12.2. The molecule has 1 fully saturated rings. The Hall–Kier alpha value is -7.02. The molecular weight excluding hydrogens is 766 g/mol. The number of aliphatic hydroxyl groups is 1. The number of nitrogens with two attached hydrogens (primary N) is 3. The summed E-state index contributed by atoms with van der Waals surface area (Å²) in [6.07, 6.45) is -0.351. The summed E-state index contributed by atoms with van der Waals surface area (Å²) < 4.78 is 32.3. The number of aryl methyl sites for hydroxylation is 3. The second kappa shape index (κ2) is 19.4. The van der Waals surface area contributed by atoms with Crippen LogP contribution in [0.1, 0.15) is 49.1 Å². The number of aromatic nitrogens is 3. The normalized spacial score (nSPS) is 13.4. The number of hydrogen-bond donors (Lipinski definition) is 5. The van der Waals surface area contributed by atoms with E-state index in [1.165, 1.54) is 12.1 Å². The van der Waals surface area contributed by atoms with Crippen molar-refractivity contribution in [3.8, 4) is 51.2 Å². The molecular formula is C41H45N7O11. The molecule has 59 heavy (non-hydrogen) atoms. The first-order valence-electron chi connectivity index (χ1n) is 18.1. The Balaban J connectivity index is 0.000000171. The number of epoxide rings is 1. The van der Waals surface area contributed by atoms with Crippen LogP contribution in [-0.2, 0) is 4.74 Å². The van der Waals surface area contributed by atoms with Crippen LogP contribution < -0.4 is 26.7 Å². The maximum Gasteiger partial charge on any atom is 0.271 e. The molecule has 0 radical (unpaired) electrons. The van der Waals surface area contributed by atoms with Crippen LogP contribution in [-0.4, -0.2) is 100 Å². The van der Waals surface area contributed by atoms with E-state index in [1.54, 1.807) is 81.4 Å². The van der Waals surface area contributed by atoms with Gasteiger partial charge in [-0.3, -0.25) is 14.4 Å². The number of nitrogens with zero attached hydrogens (tertiary/aromatic N) is 4. The molecule has 0 aliphatic carbocycles. The Kier molecular flexibility index (Phi) is 14.2. The van der Waals surface area contributed by atoms with E-state index >= 15 is 0 Å². The highest BCUT2D eigenvalue weighted by atomic mass is 16.6. The van der Waals surface area contributed by atoms with Crippen LogP contribution in [0.15, 0.2) is 86.0 Å². The molecule has 1 aliphatic rings. The van der Waals surface area contributed by atoms with Crippen LogP contribution in [0.4, 0.5) is 0 Å². The molecule has 0 spiro atoms. The number of carbonyl (C=O) groups excluding carboxylic acids is 3. The van der Waals surface area contributed by atoms with E-state index in [4.69, 9.17) is 49.8 Å². The number of amides is 3. The van der Waals surface area contributed by atoms with Crippen molar-refractivity contribution in [1.82, 2.24) is 19.9 Å². The summed E-state index contributed by atoms with van der Waals surface area (Å²) in [4.78, 5) is 47.6. The summed E-state index contributed by atoms with van der Waals surface area (Å²) in [5.41, 5.74) is 18.2. The summed E-state index contributed by atoms with van der Waals surface area (Å²) >= 11 is 0. The van der Waals surface area contributed by atoms with Crippen molar-refractivity contribution < 1.29 is 52.1 Å². The van der Waals surface area contributed by atoms with Gasteiger partial charge in [0, 0.05) is 44.0 Å². The van der Waals surface area contributed by atoms with Crippen molar-refractivity contribution in [3.05, 3.63) is 108 Å². The largest absolute Gasteiger partial charge is 0.508 e. The van der Waals surface area contributed by atoms with Crippen molar-refractivity contribution in [2.75, 3.05) is 40.5 Å². The number of aliphatic hydroxyl groups excluding tert-OH is 1. The molecule has 1 aliphatic heterocycles. The molecule has 6 aromatic rings. The first-order valence-corrected chi connectivity index (χ1v) is 18.1.